The first kappa shape index (κ1) is 15.6. The quantitative estimate of drug-likeness (QED) is 0.271. The van der Waals surface area contributed by atoms with Crippen LogP contribution in [0.4, 0.5) is 0 Å². The van der Waals surface area contributed by atoms with Crippen LogP contribution in [0.1, 0.15) is 0 Å². The zero-order valence-corrected chi connectivity index (χ0v) is 15.6. The summed E-state index contributed by atoms with van der Waals surface area (Å²) in [5.74, 6) is 0. The van der Waals surface area contributed by atoms with Crippen LogP contribution in [0.2, 0.25) is 0 Å². The average Bonchev–Trinajstić information content (AvgIpc) is 2.83. The fourth-order valence-corrected chi connectivity index (χ4v) is 4.36. The molecule has 0 N–H and O–H groups in total. The second kappa shape index (κ2) is 5.61. The number of rotatable bonds is 0. The van der Waals surface area contributed by atoms with E-state index in [9.17, 15) is 0 Å². The van der Waals surface area contributed by atoms with Gasteiger partial charge in [-0.3, -0.25) is 19.9 Å². The Morgan fingerprint density at radius 1 is 0.400 bits per heavy atom. The van der Waals surface area contributed by atoms with Crippen molar-refractivity contribution in [2.24, 2.45) is 0 Å². The van der Waals surface area contributed by atoms with Crippen molar-refractivity contribution in [1.29, 1.82) is 0 Å². The largest absolute Gasteiger partial charge is 0.264 e. The van der Waals surface area contributed by atoms with Crippen molar-refractivity contribution in [3.8, 4) is 0 Å². The summed E-state index contributed by atoms with van der Waals surface area (Å²) >= 11 is 0. The van der Waals surface area contributed by atoms with Crippen LogP contribution in [0.25, 0.3) is 65.5 Å². The van der Waals surface area contributed by atoms with Crippen LogP contribution < -0.4 is 0 Å². The topological polar surface area (TPSA) is 77.3 Å². The van der Waals surface area contributed by atoms with Crippen molar-refractivity contribution in [2.45, 2.75) is 0 Å². The Morgan fingerprint density at radius 3 is 1.50 bits per heavy atom. The molecule has 0 spiro atoms. The van der Waals surface area contributed by atoms with Crippen molar-refractivity contribution in [3.63, 3.8) is 0 Å². The van der Waals surface area contributed by atoms with E-state index in [1.165, 1.54) is 0 Å². The summed E-state index contributed by atoms with van der Waals surface area (Å²) in [6.45, 7) is 0. The normalized spacial score (nSPS) is 12.0. The summed E-state index contributed by atoms with van der Waals surface area (Å²) in [6.07, 6.45) is 9.01. The maximum atomic E-state index is 5.15. The lowest BCUT2D eigenvalue weighted by Crippen LogP contribution is -1.96. The van der Waals surface area contributed by atoms with Crippen LogP contribution in [0, 0.1) is 0 Å². The lowest BCUT2D eigenvalue weighted by Gasteiger charge is -2.11. The van der Waals surface area contributed by atoms with E-state index in [1.54, 1.807) is 24.8 Å². The highest BCUT2D eigenvalue weighted by Gasteiger charge is 2.17. The fraction of sp³-hybridized carbons (Fsp3) is 0. The van der Waals surface area contributed by atoms with Gasteiger partial charge in [0, 0.05) is 57.9 Å². The van der Waals surface area contributed by atoms with E-state index in [1.807, 2.05) is 48.7 Å². The minimum absolute atomic E-state index is 0.824. The number of nitrogens with zero attached hydrogens (tertiary/aromatic N) is 6. The van der Waals surface area contributed by atoms with Crippen molar-refractivity contribution >= 4 is 65.5 Å². The molecule has 0 amide bonds. The molecule has 0 atom stereocenters. The molecule has 7 rings (SSSR count). The lowest BCUT2D eigenvalue weighted by atomic mass is 10.0. The third kappa shape index (κ3) is 1.92. The van der Waals surface area contributed by atoms with Gasteiger partial charge in [0.2, 0.25) is 0 Å². The molecule has 0 aliphatic carbocycles. The molecule has 0 unspecified atom stereocenters. The molecule has 0 saturated heterocycles. The number of pyridine rings is 4. The van der Waals surface area contributed by atoms with Gasteiger partial charge in [0.1, 0.15) is 0 Å². The highest BCUT2D eigenvalue weighted by molar-refractivity contribution is 6.26. The smallest absolute Gasteiger partial charge is 0.0996 e. The van der Waals surface area contributed by atoms with E-state index >= 15 is 0 Å². The molecule has 5 heterocycles. The molecule has 0 radical (unpaired) electrons. The number of hydrogen-bond acceptors (Lipinski definition) is 6. The first-order valence-corrected chi connectivity index (χ1v) is 9.63. The minimum Gasteiger partial charge on any atom is -0.264 e. The Morgan fingerprint density at radius 2 is 0.900 bits per heavy atom. The summed E-state index contributed by atoms with van der Waals surface area (Å²) in [4.78, 5) is 28.4. The van der Waals surface area contributed by atoms with E-state index in [2.05, 4.69) is 19.9 Å². The molecule has 7 aromatic rings. The van der Waals surface area contributed by atoms with Crippen molar-refractivity contribution in [3.05, 3.63) is 73.4 Å². The number of aromatic nitrogens is 6. The van der Waals surface area contributed by atoms with Gasteiger partial charge in [0.05, 0.1) is 38.6 Å². The summed E-state index contributed by atoms with van der Waals surface area (Å²) < 4.78 is 0. The Balaban J connectivity index is 1.86. The highest BCUT2D eigenvalue weighted by Crippen LogP contribution is 2.36. The molecule has 30 heavy (non-hydrogen) atoms. The van der Waals surface area contributed by atoms with Gasteiger partial charge >= 0.3 is 0 Å². The molecular formula is C24H12N6. The Kier molecular flexibility index (Phi) is 2.91. The molecule has 6 heteroatoms. The average molecular weight is 384 g/mol. The van der Waals surface area contributed by atoms with Gasteiger partial charge in [-0.15, -0.1) is 0 Å². The second-order valence-electron chi connectivity index (χ2n) is 7.24. The SMILES string of the molecule is c1cnc2c3cnccc3c3nc4c5cccnc5c5ncccc5c4nc3c2c1. The van der Waals surface area contributed by atoms with E-state index in [0.717, 1.165) is 65.5 Å². The molecule has 2 aromatic carbocycles. The predicted molar refractivity (Wildman–Crippen MR) is 118 cm³/mol. The van der Waals surface area contributed by atoms with Crippen LogP contribution in [0.3, 0.4) is 0 Å². The maximum absolute atomic E-state index is 5.15. The maximum Gasteiger partial charge on any atom is 0.0996 e. The minimum atomic E-state index is 0.824. The molecular weight excluding hydrogens is 372 g/mol. The van der Waals surface area contributed by atoms with Crippen LogP contribution in [-0.4, -0.2) is 29.9 Å². The molecule has 138 valence electrons. The summed E-state index contributed by atoms with van der Waals surface area (Å²) in [5.41, 5.74) is 5.87. The Labute approximate surface area is 169 Å². The molecule has 0 saturated carbocycles. The predicted octanol–water partition coefficient (Wildman–Crippen LogP) is 4.98. The van der Waals surface area contributed by atoms with E-state index in [-0.39, 0.29) is 0 Å². The first-order chi connectivity index (χ1) is 14.9. The van der Waals surface area contributed by atoms with Gasteiger partial charge in [-0.25, -0.2) is 9.97 Å². The van der Waals surface area contributed by atoms with Crippen LogP contribution in [0.5, 0.6) is 0 Å². The lowest BCUT2D eigenvalue weighted by molar-refractivity contribution is 1.35. The molecule has 0 aliphatic rings. The third-order valence-corrected chi connectivity index (χ3v) is 5.64. The zero-order chi connectivity index (χ0) is 19.7. The van der Waals surface area contributed by atoms with E-state index < -0.39 is 0 Å². The van der Waals surface area contributed by atoms with Crippen molar-refractivity contribution in [1.82, 2.24) is 29.9 Å². The van der Waals surface area contributed by atoms with Gasteiger partial charge in [-0.1, -0.05) is 0 Å². The van der Waals surface area contributed by atoms with E-state index in [4.69, 9.17) is 9.97 Å². The molecule has 0 bridgehead atoms. The summed E-state index contributed by atoms with van der Waals surface area (Å²) in [5, 5.41) is 4.82. The van der Waals surface area contributed by atoms with Crippen LogP contribution in [-0.2, 0) is 0 Å². The monoisotopic (exact) mass is 384 g/mol. The van der Waals surface area contributed by atoms with Crippen molar-refractivity contribution in [2.75, 3.05) is 0 Å². The van der Waals surface area contributed by atoms with E-state index in [0.29, 0.717) is 0 Å². The van der Waals surface area contributed by atoms with Gasteiger partial charge in [0.25, 0.3) is 0 Å². The van der Waals surface area contributed by atoms with Crippen molar-refractivity contribution < 1.29 is 0 Å². The van der Waals surface area contributed by atoms with Gasteiger partial charge in [0.15, 0.2) is 0 Å². The first-order valence-electron chi connectivity index (χ1n) is 9.63. The third-order valence-electron chi connectivity index (χ3n) is 5.64. The number of benzene rings is 2. The molecule has 5 aromatic heterocycles. The molecule has 6 nitrogen and oxygen atoms in total. The van der Waals surface area contributed by atoms with Crippen LogP contribution >= 0.6 is 0 Å². The van der Waals surface area contributed by atoms with Gasteiger partial charge < -0.3 is 0 Å². The number of hydrogen-bond donors (Lipinski definition) is 0. The van der Waals surface area contributed by atoms with Crippen LogP contribution in [0.15, 0.2) is 73.4 Å². The number of fused-ring (bicyclic) bond motifs is 12. The molecule has 0 aliphatic heterocycles. The standard InChI is InChI=1S/C24H12N6/c1-4-14-18(26-8-1)17-12-25-11-7-13(17)21-22(14)30-24-16-6-3-10-28-20(16)19-15(23(24)29-21)5-2-9-27-19/h1-12H. The molecule has 0 fully saturated rings. The summed E-state index contributed by atoms with van der Waals surface area (Å²) in [6, 6.07) is 13.9. The summed E-state index contributed by atoms with van der Waals surface area (Å²) in [7, 11) is 0. The van der Waals surface area contributed by atoms with Gasteiger partial charge in [-0.05, 0) is 42.5 Å². The Bertz CT molecular complexity index is 1550. The second-order valence-corrected chi connectivity index (χ2v) is 7.24. The zero-order valence-electron chi connectivity index (χ0n) is 15.6. The highest BCUT2D eigenvalue weighted by atomic mass is 14.8. The van der Waals surface area contributed by atoms with Gasteiger partial charge in [-0.2, -0.15) is 0 Å². The Hall–Kier alpha value is -4.32. The fourth-order valence-electron chi connectivity index (χ4n) is 4.36.